The van der Waals surface area contributed by atoms with Gasteiger partial charge in [-0.2, -0.15) is 21.9 Å². The number of nitrogens with zero attached hydrogens (tertiary/aromatic N) is 2. The third-order valence-corrected chi connectivity index (χ3v) is 7.77. The van der Waals surface area contributed by atoms with E-state index in [9.17, 15) is 40.9 Å². The van der Waals surface area contributed by atoms with Crippen molar-refractivity contribution in [2.75, 3.05) is 5.32 Å². The molecule has 0 fully saturated rings. The highest BCUT2D eigenvalue weighted by Crippen LogP contribution is 2.42. The molecule has 0 heterocycles. The maximum Gasteiger partial charge on any atom is 0.296 e. The van der Waals surface area contributed by atoms with Crippen LogP contribution in [0.4, 0.5) is 17.1 Å². The predicted molar refractivity (Wildman–Crippen MR) is 149 cm³/mol. The van der Waals surface area contributed by atoms with Gasteiger partial charge in [0, 0.05) is 28.1 Å². The van der Waals surface area contributed by atoms with Crippen molar-refractivity contribution in [1.29, 1.82) is 0 Å². The van der Waals surface area contributed by atoms with Gasteiger partial charge in [0.25, 0.3) is 26.1 Å². The summed E-state index contributed by atoms with van der Waals surface area (Å²) in [5.74, 6) is -1.45. The highest BCUT2D eigenvalue weighted by Gasteiger charge is 2.22. The summed E-state index contributed by atoms with van der Waals surface area (Å²) in [6, 6.07) is 19.8. The number of azo groups is 1. The number of carbonyl (C=O) groups excluding carboxylic acids is 1. The Balaban J connectivity index is 1.56. The van der Waals surface area contributed by atoms with Gasteiger partial charge in [0.2, 0.25) is 0 Å². The number of nitrogens with one attached hydrogen (secondary N) is 1. The van der Waals surface area contributed by atoms with Gasteiger partial charge in [0.05, 0.1) is 10.6 Å². The number of fused-ring (bicyclic) bond motifs is 2. The van der Waals surface area contributed by atoms with Gasteiger partial charge < -0.3 is 15.5 Å². The molecular weight excluding hydrogens is 574 g/mol. The number of anilines is 1. The van der Waals surface area contributed by atoms with E-state index in [4.69, 9.17) is 0 Å². The minimum Gasteiger partial charge on any atom is -0.507 e. The molecule has 0 spiro atoms. The molecule has 0 saturated heterocycles. The van der Waals surface area contributed by atoms with Crippen molar-refractivity contribution in [2.45, 2.75) is 9.79 Å². The molecule has 0 aromatic heterocycles. The van der Waals surface area contributed by atoms with Crippen molar-refractivity contribution < 1.29 is 40.9 Å². The molecule has 41 heavy (non-hydrogen) atoms. The highest BCUT2D eigenvalue weighted by atomic mass is 32.2. The number of hydrogen-bond donors (Lipinski definition) is 5. The van der Waals surface area contributed by atoms with E-state index in [0.29, 0.717) is 11.3 Å². The van der Waals surface area contributed by atoms with Gasteiger partial charge in [-0.1, -0.05) is 18.2 Å². The van der Waals surface area contributed by atoms with E-state index in [-0.39, 0.29) is 27.2 Å². The zero-order valence-corrected chi connectivity index (χ0v) is 22.3. The fourth-order valence-corrected chi connectivity index (χ4v) is 5.34. The van der Waals surface area contributed by atoms with E-state index in [0.717, 1.165) is 18.2 Å². The molecule has 208 valence electrons. The largest absolute Gasteiger partial charge is 0.507 e. The molecule has 0 aliphatic heterocycles. The first-order chi connectivity index (χ1) is 19.3. The van der Waals surface area contributed by atoms with Crippen molar-refractivity contribution >= 4 is 64.8 Å². The maximum atomic E-state index is 12.5. The molecule has 5 aromatic rings. The number of carbonyl (C=O) groups is 1. The Morgan fingerprint density at radius 2 is 1.39 bits per heavy atom. The molecule has 5 aromatic carbocycles. The summed E-state index contributed by atoms with van der Waals surface area (Å²) >= 11 is 0. The Kier molecular flexibility index (Phi) is 6.92. The molecule has 12 nitrogen and oxygen atoms in total. The summed E-state index contributed by atoms with van der Waals surface area (Å²) < 4.78 is 66.7. The zero-order chi connectivity index (χ0) is 29.5. The molecule has 0 unspecified atom stereocenters. The molecule has 0 saturated carbocycles. The third kappa shape index (κ3) is 5.71. The number of phenols is 2. The number of aromatic hydroxyl groups is 2. The minimum atomic E-state index is -4.92. The van der Waals surface area contributed by atoms with E-state index in [1.165, 1.54) is 36.4 Å². The normalized spacial score (nSPS) is 12.2. The lowest BCUT2D eigenvalue weighted by Gasteiger charge is -2.11. The second-order valence-electron chi connectivity index (χ2n) is 8.83. The van der Waals surface area contributed by atoms with Crippen LogP contribution in [0.1, 0.15) is 10.4 Å². The zero-order valence-electron chi connectivity index (χ0n) is 20.6. The van der Waals surface area contributed by atoms with Gasteiger partial charge in [-0.25, -0.2) is 0 Å². The van der Waals surface area contributed by atoms with E-state index in [2.05, 4.69) is 15.5 Å². The van der Waals surface area contributed by atoms with Crippen molar-refractivity contribution in [3.05, 3.63) is 90.5 Å². The molecule has 0 aliphatic carbocycles. The summed E-state index contributed by atoms with van der Waals surface area (Å²) in [7, 11) is -9.54. The standard InChI is InChI=1S/C27H19N3O9S2/c31-23-14-20(40(34,35)36)12-16-11-19(7-8-21(16)23)29-30-25-24(41(37,38)39)13-17-10-18(6-9-22(17)26(25)32)28-27(33)15-4-2-1-3-5-15/h1-14,31-32H,(H,28,33)(H,34,35,36)(H,37,38,39). The molecule has 1 amide bonds. The smallest absolute Gasteiger partial charge is 0.296 e. The first-order valence-electron chi connectivity index (χ1n) is 11.6. The minimum absolute atomic E-state index is 0.0594. The molecule has 0 radical (unpaired) electrons. The van der Waals surface area contributed by atoms with E-state index < -0.39 is 53.1 Å². The van der Waals surface area contributed by atoms with Gasteiger partial charge in [0.15, 0.2) is 5.75 Å². The average molecular weight is 594 g/mol. The lowest BCUT2D eigenvalue weighted by atomic mass is 10.1. The van der Waals surface area contributed by atoms with Crippen LogP contribution in [0.25, 0.3) is 21.5 Å². The first-order valence-corrected chi connectivity index (χ1v) is 14.5. The predicted octanol–water partition coefficient (Wildman–Crippen LogP) is 5.57. The number of hydrogen-bond acceptors (Lipinski definition) is 9. The van der Waals surface area contributed by atoms with Crippen LogP contribution >= 0.6 is 0 Å². The lowest BCUT2D eigenvalue weighted by Crippen LogP contribution is -2.11. The van der Waals surface area contributed by atoms with Gasteiger partial charge in [-0.15, -0.1) is 5.11 Å². The van der Waals surface area contributed by atoms with E-state index >= 15 is 0 Å². The molecule has 14 heteroatoms. The molecular formula is C27H19N3O9S2. The molecule has 0 aliphatic rings. The van der Waals surface area contributed by atoms with Crippen molar-refractivity contribution in [3.63, 3.8) is 0 Å². The van der Waals surface area contributed by atoms with Gasteiger partial charge in [0.1, 0.15) is 16.3 Å². The highest BCUT2D eigenvalue weighted by molar-refractivity contribution is 7.86. The van der Waals surface area contributed by atoms with Crippen LogP contribution in [-0.4, -0.2) is 42.1 Å². The quantitative estimate of drug-likeness (QED) is 0.123. The number of rotatable bonds is 6. The van der Waals surface area contributed by atoms with Crippen LogP contribution in [0.2, 0.25) is 0 Å². The van der Waals surface area contributed by atoms with Gasteiger partial charge in [-0.3, -0.25) is 13.9 Å². The Hall–Kier alpha value is -4.89. The summed E-state index contributed by atoms with van der Waals surface area (Å²) in [5, 5.41) is 32.2. The fraction of sp³-hybridized carbons (Fsp3) is 0. The summed E-state index contributed by atoms with van der Waals surface area (Å²) in [4.78, 5) is 11.2. The van der Waals surface area contributed by atoms with Crippen molar-refractivity contribution in [2.24, 2.45) is 10.2 Å². The van der Waals surface area contributed by atoms with Crippen LogP contribution in [0.15, 0.2) is 105 Å². The molecule has 5 rings (SSSR count). The van der Waals surface area contributed by atoms with E-state index in [1.54, 1.807) is 30.3 Å². The summed E-state index contributed by atoms with van der Waals surface area (Å²) in [6.07, 6.45) is 0. The van der Waals surface area contributed by atoms with Crippen LogP contribution in [0, 0.1) is 0 Å². The Bertz CT molecular complexity index is 2110. The van der Waals surface area contributed by atoms with Crippen LogP contribution in [0.3, 0.4) is 0 Å². The summed E-state index contributed by atoms with van der Waals surface area (Å²) in [6.45, 7) is 0. The lowest BCUT2D eigenvalue weighted by molar-refractivity contribution is 0.102. The Morgan fingerprint density at radius 3 is 2.07 bits per heavy atom. The Morgan fingerprint density at radius 1 is 0.707 bits per heavy atom. The molecule has 0 bridgehead atoms. The maximum absolute atomic E-state index is 12.5. The summed E-state index contributed by atoms with van der Waals surface area (Å²) in [5.41, 5.74) is 0.174. The van der Waals surface area contributed by atoms with Gasteiger partial charge >= 0.3 is 0 Å². The van der Waals surface area contributed by atoms with Crippen molar-refractivity contribution in [3.8, 4) is 11.5 Å². The van der Waals surface area contributed by atoms with Crippen molar-refractivity contribution in [1.82, 2.24) is 0 Å². The number of benzene rings is 5. The van der Waals surface area contributed by atoms with Crippen LogP contribution < -0.4 is 5.32 Å². The molecule has 0 atom stereocenters. The van der Waals surface area contributed by atoms with Crippen LogP contribution in [-0.2, 0) is 20.2 Å². The SMILES string of the molecule is O=C(Nc1ccc2c(O)c(N=Nc3ccc4c(O)cc(S(=O)(=O)O)cc4c3)c(S(=O)(=O)O)cc2c1)c1ccccc1. The first kappa shape index (κ1) is 27.7. The monoisotopic (exact) mass is 593 g/mol. The topological polar surface area (TPSA) is 203 Å². The molecule has 5 N–H and O–H groups in total. The third-order valence-electron chi connectivity index (χ3n) is 6.07. The number of amides is 1. The van der Waals surface area contributed by atoms with Crippen LogP contribution in [0.5, 0.6) is 11.5 Å². The van der Waals surface area contributed by atoms with Gasteiger partial charge in [-0.05, 0) is 71.4 Å². The average Bonchev–Trinajstić information content (AvgIpc) is 2.91. The fourth-order valence-electron chi connectivity index (χ4n) is 4.14. The van der Waals surface area contributed by atoms with E-state index in [1.807, 2.05) is 0 Å². The Labute approximate surface area is 232 Å². The second-order valence-corrected chi connectivity index (χ2v) is 11.6. The number of phenolic OH excluding ortho intramolecular Hbond substituents is 2. The second kappa shape index (κ2) is 10.3.